The van der Waals surface area contributed by atoms with Gasteiger partial charge in [0.25, 0.3) is 0 Å². The van der Waals surface area contributed by atoms with Crippen LogP contribution in [0.15, 0.2) is 59.6 Å². The van der Waals surface area contributed by atoms with Gasteiger partial charge >= 0.3 is 0 Å². The fourth-order valence-corrected chi connectivity index (χ4v) is 6.61. The molecule has 2 heterocycles. The first kappa shape index (κ1) is 20.3. The van der Waals surface area contributed by atoms with Crippen molar-refractivity contribution < 1.29 is 19.1 Å². The number of nitrogens with zero attached hydrogens (tertiary/aromatic N) is 1. The van der Waals surface area contributed by atoms with Gasteiger partial charge in [-0.15, -0.1) is 0 Å². The molecule has 6 heteroatoms. The molecule has 5 atom stereocenters. The van der Waals surface area contributed by atoms with E-state index in [1.165, 1.54) is 0 Å². The predicted octanol–water partition coefficient (Wildman–Crippen LogP) is 3.75. The van der Waals surface area contributed by atoms with E-state index in [4.69, 9.17) is 10.5 Å². The van der Waals surface area contributed by atoms with Crippen molar-refractivity contribution in [3.63, 3.8) is 0 Å². The van der Waals surface area contributed by atoms with Crippen molar-refractivity contribution in [3.05, 3.63) is 65.2 Å². The molecule has 6 rings (SSSR count). The van der Waals surface area contributed by atoms with Crippen LogP contribution < -0.4 is 5.73 Å². The quantitative estimate of drug-likeness (QED) is 0.764. The maximum absolute atomic E-state index is 13.4. The first-order valence-electron chi connectivity index (χ1n) is 11.6. The molecule has 1 aromatic carbocycles. The number of hydrogen-bond acceptors (Lipinski definition) is 5. The molecule has 33 heavy (non-hydrogen) atoms. The summed E-state index contributed by atoms with van der Waals surface area (Å²) in [4.78, 5) is 42.0. The monoisotopic (exact) mass is 442 g/mol. The van der Waals surface area contributed by atoms with Crippen LogP contribution in [0.5, 0.6) is 0 Å². The average molecular weight is 443 g/mol. The van der Waals surface area contributed by atoms with Gasteiger partial charge in [-0.1, -0.05) is 25.1 Å². The molecule has 0 radical (unpaired) electrons. The molecule has 0 spiro atoms. The summed E-state index contributed by atoms with van der Waals surface area (Å²) in [5.41, 5.74) is 8.00. The SMILES string of the molecule is C[C@]12CCC3=CC4=C(CC(C(N)=O)CC4=O)O[C@H]3[C@@H]1CC(=O)[C@@H]2c1ccc2cnccc2c1. The van der Waals surface area contributed by atoms with Crippen molar-refractivity contribution in [2.24, 2.45) is 23.0 Å². The lowest BCUT2D eigenvalue weighted by atomic mass is 9.61. The lowest BCUT2D eigenvalue weighted by Gasteiger charge is -2.47. The number of carbonyl (C=O) groups excluding carboxylic acids is 3. The Balaban J connectivity index is 1.35. The van der Waals surface area contributed by atoms with E-state index < -0.39 is 11.8 Å². The molecular formula is C27H26N2O4. The number of carbonyl (C=O) groups is 3. The summed E-state index contributed by atoms with van der Waals surface area (Å²) >= 11 is 0. The molecule has 168 valence electrons. The third-order valence-corrected chi connectivity index (χ3v) is 8.40. The van der Waals surface area contributed by atoms with Gasteiger partial charge in [0.1, 0.15) is 17.6 Å². The molecule has 2 N–H and O–H groups in total. The van der Waals surface area contributed by atoms with E-state index in [9.17, 15) is 14.4 Å². The van der Waals surface area contributed by atoms with Gasteiger partial charge in [0.15, 0.2) is 5.78 Å². The minimum Gasteiger partial charge on any atom is -0.489 e. The third-order valence-electron chi connectivity index (χ3n) is 8.40. The zero-order valence-corrected chi connectivity index (χ0v) is 18.5. The highest BCUT2D eigenvalue weighted by Crippen LogP contribution is 2.60. The van der Waals surface area contributed by atoms with Gasteiger partial charge in [0, 0.05) is 48.9 Å². The number of nitrogens with two attached hydrogens (primary N) is 1. The number of ketones is 2. The van der Waals surface area contributed by atoms with Crippen LogP contribution in [0.25, 0.3) is 10.8 Å². The highest BCUT2D eigenvalue weighted by molar-refractivity contribution is 6.02. The van der Waals surface area contributed by atoms with E-state index in [0.717, 1.165) is 34.8 Å². The van der Waals surface area contributed by atoms with Crippen LogP contribution in [0.2, 0.25) is 0 Å². The third kappa shape index (κ3) is 3.00. The first-order valence-corrected chi connectivity index (χ1v) is 11.6. The van der Waals surface area contributed by atoms with Crippen molar-refractivity contribution >= 4 is 28.2 Å². The number of allylic oxidation sites excluding steroid dienone is 3. The largest absolute Gasteiger partial charge is 0.489 e. The fraction of sp³-hybridized carbons (Fsp3) is 0.407. The molecule has 1 amide bonds. The molecule has 2 saturated carbocycles. The molecule has 2 aromatic rings. The molecular weight excluding hydrogens is 416 g/mol. The number of Topliss-reactive ketones (excluding diaryl/α,β-unsaturated/α-hetero) is 2. The average Bonchev–Trinajstić information content (AvgIpc) is 3.08. The molecule has 2 fully saturated rings. The number of pyridine rings is 1. The molecule has 3 aliphatic carbocycles. The summed E-state index contributed by atoms with van der Waals surface area (Å²) in [5.74, 6) is -0.411. The van der Waals surface area contributed by atoms with Crippen molar-refractivity contribution in [2.75, 3.05) is 0 Å². The Morgan fingerprint density at radius 2 is 2.00 bits per heavy atom. The molecule has 0 bridgehead atoms. The molecule has 6 nitrogen and oxygen atoms in total. The molecule has 1 aliphatic heterocycles. The first-order chi connectivity index (χ1) is 15.8. The second-order valence-corrected chi connectivity index (χ2v) is 10.2. The molecule has 0 saturated heterocycles. The van der Waals surface area contributed by atoms with E-state index >= 15 is 0 Å². The predicted molar refractivity (Wildman–Crippen MR) is 122 cm³/mol. The minimum absolute atomic E-state index is 0.0289. The summed E-state index contributed by atoms with van der Waals surface area (Å²) in [7, 11) is 0. The maximum Gasteiger partial charge on any atom is 0.221 e. The van der Waals surface area contributed by atoms with E-state index in [0.29, 0.717) is 24.2 Å². The van der Waals surface area contributed by atoms with E-state index in [1.807, 2.05) is 24.4 Å². The van der Waals surface area contributed by atoms with Gasteiger partial charge in [-0.3, -0.25) is 19.4 Å². The maximum atomic E-state index is 13.4. The summed E-state index contributed by atoms with van der Waals surface area (Å²) in [6, 6.07) is 8.21. The van der Waals surface area contributed by atoms with Crippen LogP contribution in [0.1, 0.15) is 50.5 Å². The van der Waals surface area contributed by atoms with E-state index in [2.05, 4.69) is 24.0 Å². The molecule has 1 unspecified atom stereocenters. The van der Waals surface area contributed by atoms with Gasteiger partial charge in [-0.25, -0.2) is 0 Å². The van der Waals surface area contributed by atoms with Gasteiger partial charge in [0.2, 0.25) is 5.91 Å². The standard InChI is InChI=1S/C27H26N2O4/c1-27-6-4-16-9-19-21(30)10-18(26(28)32)11-23(19)33-25(16)20(27)12-22(31)24(27)15-2-3-17-13-29-7-5-14(17)8-15/h2-3,5,7-9,13,18,20,24-25H,4,6,10-12H2,1H3,(H2,28,32)/t18?,20-,24-,25+,27-/m0/s1. The number of primary amides is 1. The number of hydrogen-bond donors (Lipinski definition) is 1. The van der Waals surface area contributed by atoms with Crippen molar-refractivity contribution in [3.8, 4) is 0 Å². The smallest absolute Gasteiger partial charge is 0.221 e. The second kappa shape index (κ2) is 7.11. The molecule has 1 aromatic heterocycles. The Kier molecular flexibility index (Phi) is 4.38. The Hall–Kier alpha value is -3.28. The number of fused-ring (bicyclic) bond motifs is 4. The van der Waals surface area contributed by atoms with Crippen LogP contribution in [0.3, 0.4) is 0 Å². The van der Waals surface area contributed by atoms with Gasteiger partial charge in [-0.05, 0) is 46.9 Å². The van der Waals surface area contributed by atoms with Crippen LogP contribution >= 0.6 is 0 Å². The summed E-state index contributed by atoms with van der Waals surface area (Å²) in [5, 5.41) is 2.14. The van der Waals surface area contributed by atoms with Gasteiger partial charge in [-0.2, -0.15) is 0 Å². The Labute approximate surface area is 191 Å². The lowest BCUT2D eigenvalue weighted by molar-refractivity contribution is -0.127. The number of aromatic nitrogens is 1. The van der Waals surface area contributed by atoms with Crippen molar-refractivity contribution in [1.29, 1.82) is 0 Å². The van der Waals surface area contributed by atoms with Crippen molar-refractivity contribution in [2.45, 2.75) is 51.0 Å². The Morgan fingerprint density at radius 3 is 2.82 bits per heavy atom. The Bertz CT molecular complexity index is 1290. The number of ether oxygens (including phenoxy) is 1. The summed E-state index contributed by atoms with van der Waals surface area (Å²) in [6.45, 7) is 2.21. The normalized spacial score (nSPS) is 33.2. The van der Waals surface area contributed by atoms with Crippen molar-refractivity contribution in [1.82, 2.24) is 4.98 Å². The zero-order valence-electron chi connectivity index (χ0n) is 18.5. The zero-order chi connectivity index (χ0) is 22.9. The second-order valence-electron chi connectivity index (χ2n) is 10.2. The van der Waals surface area contributed by atoms with Crippen LogP contribution in [0, 0.1) is 17.3 Å². The molecule has 4 aliphatic rings. The lowest BCUT2D eigenvalue weighted by Crippen LogP contribution is -2.44. The number of benzene rings is 1. The van der Waals surface area contributed by atoms with Gasteiger partial charge < -0.3 is 10.5 Å². The van der Waals surface area contributed by atoms with Crippen LogP contribution in [-0.2, 0) is 19.1 Å². The fourth-order valence-electron chi connectivity index (χ4n) is 6.61. The highest BCUT2D eigenvalue weighted by atomic mass is 16.5. The summed E-state index contributed by atoms with van der Waals surface area (Å²) < 4.78 is 6.45. The number of rotatable bonds is 2. The highest BCUT2D eigenvalue weighted by Gasteiger charge is 2.58. The van der Waals surface area contributed by atoms with Gasteiger partial charge in [0.05, 0.1) is 11.5 Å². The number of amides is 1. The van der Waals surface area contributed by atoms with Crippen LogP contribution in [-0.4, -0.2) is 28.6 Å². The van der Waals surface area contributed by atoms with Crippen LogP contribution in [0.4, 0.5) is 0 Å². The topological polar surface area (TPSA) is 99.4 Å². The minimum atomic E-state index is -0.522. The van der Waals surface area contributed by atoms with E-state index in [-0.39, 0.29) is 41.3 Å². The van der Waals surface area contributed by atoms with E-state index in [1.54, 1.807) is 6.20 Å². The summed E-state index contributed by atoms with van der Waals surface area (Å²) in [6.07, 6.45) is 7.97. The Morgan fingerprint density at radius 1 is 1.15 bits per heavy atom.